The van der Waals surface area contributed by atoms with E-state index in [0.717, 1.165) is 12.3 Å². The summed E-state index contributed by atoms with van der Waals surface area (Å²) in [6, 6.07) is 0. The smallest absolute Gasteiger partial charge is 0.216 e. The Morgan fingerprint density at radius 3 is 2.54 bits per heavy atom. The molecule has 0 amide bonds. The summed E-state index contributed by atoms with van der Waals surface area (Å²) >= 11 is 0. The maximum Gasteiger partial charge on any atom is 0.216 e. The van der Waals surface area contributed by atoms with Crippen molar-refractivity contribution < 1.29 is 17.6 Å². The molecule has 1 aromatic heterocycles. The van der Waals surface area contributed by atoms with Gasteiger partial charge in [-0.1, -0.05) is 20.8 Å². The van der Waals surface area contributed by atoms with Crippen LogP contribution in [0.2, 0.25) is 0 Å². The van der Waals surface area contributed by atoms with Crippen LogP contribution >= 0.6 is 24.0 Å². The predicted molar refractivity (Wildman–Crippen MR) is 114 cm³/mol. The molecule has 26 heavy (non-hydrogen) atoms. The number of guanidine groups is 1. The highest BCUT2D eigenvalue weighted by molar-refractivity contribution is 14.0. The lowest BCUT2D eigenvalue weighted by molar-refractivity contribution is 0.154. The number of aliphatic imine (C=N–C) groups is 1. The number of aromatic nitrogens is 1. The van der Waals surface area contributed by atoms with Gasteiger partial charge >= 0.3 is 0 Å². The first-order valence-corrected chi connectivity index (χ1v) is 10.4. The van der Waals surface area contributed by atoms with E-state index in [1.165, 1.54) is 6.26 Å². The van der Waals surface area contributed by atoms with E-state index in [1.54, 1.807) is 6.20 Å². The number of halogens is 1. The fourth-order valence-corrected chi connectivity index (χ4v) is 2.19. The molecule has 0 saturated heterocycles. The minimum atomic E-state index is -2.98. The van der Waals surface area contributed by atoms with Crippen LogP contribution in [-0.4, -0.2) is 57.7 Å². The normalized spacial score (nSPS) is 12.6. The molecule has 0 aliphatic heterocycles. The monoisotopic (exact) mass is 502 g/mol. The molecule has 8 nitrogen and oxygen atoms in total. The molecule has 0 spiro atoms. The Bertz CT molecular complexity index is 653. The topological polar surface area (TPSA) is 106 Å². The second-order valence-electron chi connectivity index (χ2n) is 6.73. The molecule has 2 N–H and O–H groups in total. The predicted octanol–water partition coefficient (Wildman–Crippen LogP) is 1.71. The average molecular weight is 502 g/mol. The molecule has 0 unspecified atom stereocenters. The lowest BCUT2D eigenvalue weighted by Gasteiger charge is -2.13. The van der Waals surface area contributed by atoms with Crippen molar-refractivity contribution in [3.63, 3.8) is 0 Å². The SMILES string of the molecule is CCNC(=NCc1ncc(C(C)(C)C)o1)NCCOCCS(C)(=O)=O.I. The van der Waals surface area contributed by atoms with Gasteiger partial charge in [0.2, 0.25) is 5.89 Å². The summed E-state index contributed by atoms with van der Waals surface area (Å²) < 4.78 is 33.0. The number of ether oxygens (including phenoxy) is 1. The molecule has 0 aliphatic carbocycles. The Hall–Kier alpha value is -0.880. The highest BCUT2D eigenvalue weighted by Gasteiger charge is 2.18. The zero-order valence-electron chi connectivity index (χ0n) is 16.2. The minimum Gasteiger partial charge on any atom is -0.443 e. The van der Waals surface area contributed by atoms with Crippen molar-refractivity contribution in [3.05, 3.63) is 17.8 Å². The Balaban J connectivity index is 0.00000625. The Morgan fingerprint density at radius 1 is 1.31 bits per heavy atom. The van der Waals surface area contributed by atoms with E-state index < -0.39 is 9.84 Å². The molecule has 0 atom stereocenters. The van der Waals surface area contributed by atoms with Crippen molar-refractivity contribution in [1.29, 1.82) is 0 Å². The van der Waals surface area contributed by atoms with Crippen LogP contribution in [0, 0.1) is 0 Å². The van der Waals surface area contributed by atoms with Gasteiger partial charge in [0.25, 0.3) is 0 Å². The van der Waals surface area contributed by atoms with E-state index in [4.69, 9.17) is 9.15 Å². The lowest BCUT2D eigenvalue weighted by Crippen LogP contribution is -2.39. The molecule has 0 aliphatic rings. The van der Waals surface area contributed by atoms with Crippen molar-refractivity contribution in [3.8, 4) is 0 Å². The molecule has 0 aromatic carbocycles. The number of hydrogen-bond donors (Lipinski definition) is 2. The van der Waals surface area contributed by atoms with E-state index in [2.05, 4.69) is 41.4 Å². The molecule has 0 radical (unpaired) electrons. The third kappa shape index (κ3) is 11.0. The highest BCUT2D eigenvalue weighted by Crippen LogP contribution is 2.22. The zero-order chi connectivity index (χ0) is 18.9. The highest BCUT2D eigenvalue weighted by atomic mass is 127. The molecule has 1 heterocycles. The summed E-state index contributed by atoms with van der Waals surface area (Å²) in [5.74, 6) is 2.05. The molecule has 1 aromatic rings. The maximum absolute atomic E-state index is 11.0. The number of rotatable bonds is 9. The Morgan fingerprint density at radius 2 is 2.00 bits per heavy atom. The number of nitrogens with one attached hydrogen (secondary N) is 2. The lowest BCUT2D eigenvalue weighted by atomic mass is 9.94. The molecular weight excluding hydrogens is 471 g/mol. The zero-order valence-corrected chi connectivity index (χ0v) is 19.3. The third-order valence-electron chi connectivity index (χ3n) is 3.15. The summed E-state index contributed by atoms with van der Waals surface area (Å²) in [6.07, 6.45) is 2.93. The summed E-state index contributed by atoms with van der Waals surface area (Å²) in [6.45, 7) is 10.3. The van der Waals surface area contributed by atoms with Crippen molar-refractivity contribution >= 4 is 39.8 Å². The second kappa shape index (κ2) is 11.8. The first-order valence-electron chi connectivity index (χ1n) is 8.34. The van der Waals surface area contributed by atoms with Gasteiger partial charge in [-0.25, -0.2) is 18.4 Å². The van der Waals surface area contributed by atoms with E-state index in [9.17, 15) is 8.42 Å². The molecule has 0 bridgehead atoms. The Labute approximate surface area is 173 Å². The maximum atomic E-state index is 11.0. The van der Waals surface area contributed by atoms with Crippen molar-refractivity contribution in [2.75, 3.05) is 38.3 Å². The van der Waals surface area contributed by atoms with E-state index in [0.29, 0.717) is 31.5 Å². The van der Waals surface area contributed by atoms with Gasteiger partial charge in [0.15, 0.2) is 5.96 Å². The molecule has 0 fully saturated rings. The van der Waals surface area contributed by atoms with Gasteiger partial charge in [-0.3, -0.25) is 0 Å². The number of oxazole rings is 1. The van der Waals surface area contributed by atoms with Crippen molar-refractivity contribution in [2.45, 2.75) is 39.7 Å². The molecule has 0 saturated carbocycles. The van der Waals surface area contributed by atoms with E-state index >= 15 is 0 Å². The first kappa shape index (κ1) is 25.1. The third-order valence-corrected chi connectivity index (χ3v) is 4.05. The quantitative estimate of drug-likeness (QED) is 0.229. The van der Waals surface area contributed by atoms with Gasteiger partial charge in [0.1, 0.15) is 22.1 Å². The van der Waals surface area contributed by atoms with Crippen LogP contribution in [-0.2, 0) is 26.5 Å². The molecular formula is C16H31IN4O4S. The van der Waals surface area contributed by atoms with Crippen LogP contribution < -0.4 is 10.6 Å². The standard InChI is InChI=1S/C16H30N4O4S.HI/c1-6-17-15(18-7-8-23-9-10-25(5,21)22)20-12-14-19-11-13(24-14)16(2,3)4;/h11H,6-10,12H2,1-5H3,(H2,17,18,20);1H. The Kier molecular flexibility index (Phi) is 11.4. The van der Waals surface area contributed by atoms with Gasteiger partial charge in [-0.2, -0.15) is 0 Å². The molecule has 152 valence electrons. The molecule has 10 heteroatoms. The average Bonchev–Trinajstić information content (AvgIpc) is 2.96. The summed E-state index contributed by atoms with van der Waals surface area (Å²) in [4.78, 5) is 8.67. The first-order chi connectivity index (χ1) is 11.6. The van der Waals surface area contributed by atoms with Gasteiger partial charge in [-0.15, -0.1) is 24.0 Å². The van der Waals surface area contributed by atoms with Gasteiger partial charge < -0.3 is 19.8 Å². The van der Waals surface area contributed by atoms with Gasteiger partial charge in [-0.05, 0) is 6.92 Å². The van der Waals surface area contributed by atoms with Crippen molar-refractivity contribution in [2.24, 2.45) is 4.99 Å². The van der Waals surface area contributed by atoms with E-state index in [-0.39, 0.29) is 41.8 Å². The van der Waals surface area contributed by atoms with Gasteiger partial charge in [0.05, 0.1) is 25.2 Å². The van der Waals surface area contributed by atoms with Crippen molar-refractivity contribution in [1.82, 2.24) is 15.6 Å². The van der Waals surface area contributed by atoms with Crippen LogP contribution in [0.25, 0.3) is 0 Å². The molecule has 1 rings (SSSR count). The number of sulfone groups is 1. The van der Waals surface area contributed by atoms with Crippen LogP contribution in [0.15, 0.2) is 15.6 Å². The summed E-state index contributed by atoms with van der Waals surface area (Å²) in [5.41, 5.74) is -0.0823. The number of hydrogen-bond acceptors (Lipinski definition) is 6. The van der Waals surface area contributed by atoms with Gasteiger partial charge in [0, 0.05) is 24.8 Å². The fraction of sp³-hybridized carbons (Fsp3) is 0.750. The minimum absolute atomic E-state index is 0. The van der Waals surface area contributed by atoms with Crippen LogP contribution in [0.1, 0.15) is 39.3 Å². The second-order valence-corrected chi connectivity index (χ2v) is 8.99. The largest absolute Gasteiger partial charge is 0.443 e. The van der Waals surface area contributed by atoms with Crippen LogP contribution in [0.5, 0.6) is 0 Å². The summed E-state index contributed by atoms with van der Waals surface area (Å²) in [5, 5.41) is 6.24. The fourth-order valence-electron chi connectivity index (χ4n) is 1.77. The number of nitrogens with zero attached hydrogens (tertiary/aromatic N) is 2. The van der Waals surface area contributed by atoms with Crippen LogP contribution in [0.3, 0.4) is 0 Å². The van der Waals surface area contributed by atoms with Crippen LogP contribution in [0.4, 0.5) is 0 Å². The van der Waals surface area contributed by atoms with E-state index in [1.807, 2.05) is 6.92 Å². The summed E-state index contributed by atoms with van der Waals surface area (Å²) in [7, 11) is -2.98.